The number of nitrogens with one attached hydrogen (secondary N) is 1. The number of hydrogen-bond acceptors (Lipinski definition) is 3. The highest BCUT2D eigenvalue weighted by Crippen LogP contribution is 2.22. The lowest BCUT2D eigenvalue weighted by Crippen LogP contribution is -2.13. The summed E-state index contributed by atoms with van der Waals surface area (Å²) in [5.41, 5.74) is 1.33. The molecule has 0 bridgehead atoms. The van der Waals surface area contributed by atoms with Crippen LogP contribution in [0.2, 0.25) is 0 Å². The van der Waals surface area contributed by atoms with Crippen molar-refractivity contribution in [2.24, 2.45) is 5.41 Å². The van der Waals surface area contributed by atoms with Gasteiger partial charge < -0.3 is 10.1 Å². The van der Waals surface area contributed by atoms with Crippen molar-refractivity contribution in [3.8, 4) is 5.88 Å². The Morgan fingerprint density at radius 3 is 2.75 bits per heavy atom. The van der Waals surface area contributed by atoms with Crippen LogP contribution in [0.25, 0.3) is 0 Å². The molecule has 0 radical (unpaired) electrons. The van der Waals surface area contributed by atoms with E-state index in [-0.39, 0.29) is 0 Å². The van der Waals surface area contributed by atoms with Gasteiger partial charge in [-0.1, -0.05) is 20.8 Å². The van der Waals surface area contributed by atoms with Crippen LogP contribution < -0.4 is 10.1 Å². The van der Waals surface area contributed by atoms with Crippen LogP contribution in [0.4, 0.5) is 5.69 Å². The fourth-order valence-corrected chi connectivity index (χ4v) is 1.35. The first-order chi connectivity index (χ1) is 7.53. The van der Waals surface area contributed by atoms with Crippen molar-refractivity contribution in [2.75, 3.05) is 18.5 Å². The van der Waals surface area contributed by atoms with Crippen LogP contribution in [0, 0.1) is 5.41 Å². The van der Waals surface area contributed by atoms with Crippen LogP contribution >= 0.6 is 0 Å². The maximum Gasteiger partial charge on any atom is 0.237 e. The van der Waals surface area contributed by atoms with E-state index in [0.717, 1.165) is 18.7 Å². The van der Waals surface area contributed by atoms with Gasteiger partial charge in [-0.05, 0) is 30.9 Å². The summed E-state index contributed by atoms with van der Waals surface area (Å²) in [5, 5.41) is 3.37. The van der Waals surface area contributed by atoms with E-state index >= 15 is 0 Å². The number of rotatable bonds is 5. The topological polar surface area (TPSA) is 34.1 Å². The summed E-state index contributed by atoms with van der Waals surface area (Å²) in [6.07, 6.45) is 2.87. The van der Waals surface area contributed by atoms with Gasteiger partial charge in [0.25, 0.3) is 0 Å². The van der Waals surface area contributed by atoms with Crippen LogP contribution in [0.15, 0.2) is 18.3 Å². The van der Waals surface area contributed by atoms with E-state index in [2.05, 4.69) is 31.1 Å². The molecule has 0 spiro atoms. The van der Waals surface area contributed by atoms with Crippen LogP contribution in [-0.4, -0.2) is 18.1 Å². The zero-order valence-corrected chi connectivity index (χ0v) is 10.7. The first-order valence-electron chi connectivity index (χ1n) is 5.84. The zero-order chi connectivity index (χ0) is 12.0. The van der Waals surface area contributed by atoms with Gasteiger partial charge in [0, 0.05) is 12.7 Å². The van der Waals surface area contributed by atoms with Crippen LogP contribution in [-0.2, 0) is 0 Å². The van der Waals surface area contributed by atoms with Crippen LogP contribution in [0.3, 0.4) is 0 Å². The van der Waals surface area contributed by atoms with Crippen molar-refractivity contribution in [3.05, 3.63) is 18.3 Å². The van der Waals surface area contributed by atoms with E-state index in [0.29, 0.717) is 17.9 Å². The van der Waals surface area contributed by atoms with E-state index in [9.17, 15) is 0 Å². The molecule has 0 amide bonds. The lowest BCUT2D eigenvalue weighted by Gasteiger charge is -2.19. The summed E-state index contributed by atoms with van der Waals surface area (Å²) in [5.74, 6) is 0.693. The molecule has 1 aromatic heterocycles. The quantitative estimate of drug-likeness (QED) is 0.829. The van der Waals surface area contributed by atoms with Gasteiger partial charge in [-0.3, -0.25) is 0 Å². The Hall–Kier alpha value is -1.25. The number of anilines is 1. The molecule has 90 valence electrons. The molecule has 0 fully saturated rings. The van der Waals surface area contributed by atoms with E-state index in [1.54, 1.807) is 6.20 Å². The number of pyridine rings is 1. The maximum absolute atomic E-state index is 5.45. The Kier molecular flexibility index (Phi) is 4.59. The molecule has 16 heavy (non-hydrogen) atoms. The second kappa shape index (κ2) is 5.73. The third-order valence-electron chi connectivity index (χ3n) is 2.24. The third-order valence-corrected chi connectivity index (χ3v) is 2.24. The van der Waals surface area contributed by atoms with Gasteiger partial charge in [0.1, 0.15) is 0 Å². The normalized spacial score (nSPS) is 11.2. The molecule has 1 N–H and O–H groups in total. The largest absolute Gasteiger partial charge is 0.476 e. The Bertz CT molecular complexity index is 318. The second-order valence-corrected chi connectivity index (χ2v) is 5.03. The molecule has 0 saturated carbocycles. The highest BCUT2D eigenvalue weighted by molar-refractivity contribution is 5.51. The van der Waals surface area contributed by atoms with Crippen molar-refractivity contribution in [2.45, 2.75) is 34.1 Å². The lowest BCUT2D eigenvalue weighted by atomic mass is 9.92. The molecule has 1 rings (SSSR count). The van der Waals surface area contributed by atoms with Gasteiger partial charge in [-0.15, -0.1) is 0 Å². The summed E-state index contributed by atoms with van der Waals surface area (Å²) >= 11 is 0. The summed E-state index contributed by atoms with van der Waals surface area (Å²) in [4.78, 5) is 4.20. The van der Waals surface area contributed by atoms with Gasteiger partial charge >= 0.3 is 0 Å². The highest BCUT2D eigenvalue weighted by Gasteiger charge is 2.10. The highest BCUT2D eigenvalue weighted by atomic mass is 16.5. The Morgan fingerprint density at radius 1 is 1.38 bits per heavy atom. The second-order valence-electron chi connectivity index (χ2n) is 5.03. The SMILES string of the molecule is CCOc1ncccc1NCCC(C)(C)C. The van der Waals surface area contributed by atoms with Crippen molar-refractivity contribution >= 4 is 5.69 Å². The number of ether oxygens (including phenoxy) is 1. The first kappa shape index (κ1) is 12.8. The standard InChI is InChI=1S/C13H22N2O/c1-5-16-12-11(7-6-9-15-12)14-10-8-13(2,3)4/h6-7,9,14H,5,8,10H2,1-4H3. The average Bonchev–Trinajstić information content (AvgIpc) is 2.19. The van der Waals surface area contributed by atoms with Gasteiger partial charge in [-0.25, -0.2) is 4.98 Å². The molecule has 0 aliphatic rings. The van der Waals surface area contributed by atoms with Crippen molar-refractivity contribution < 1.29 is 4.74 Å². The van der Waals surface area contributed by atoms with E-state index in [1.807, 2.05) is 19.1 Å². The van der Waals surface area contributed by atoms with Gasteiger partial charge in [0.15, 0.2) is 0 Å². The first-order valence-corrected chi connectivity index (χ1v) is 5.84. The number of hydrogen-bond donors (Lipinski definition) is 1. The molecular formula is C13H22N2O. The molecule has 1 heterocycles. The van der Waals surface area contributed by atoms with Gasteiger partial charge in [0.2, 0.25) is 5.88 Å². The molecular weight excluding hydrogens is 200 g/mol. The smallest absolute Gasteiger partial charge is 0.237 e. The molecule has 1 aromatic rings. The summed E-state index contributed by atoms with van der Waals surface area (Å²) in [6.45, 7) is 10.3. The van der Waals surface area contributed by atoms with E-state index in [1.165, 1.54) is 0 Å². The van der Waals surface area contributed by atoms with Crippen molar-refractivity contribution in [1.29, 1.82) is 0 Å². The summed E-state index contributed by atoms with van der Waals surface area (Å²) in [7, 11) is 0. The molecule has 3 heteroatoms. The Balaban J connectivity index is 2.52. The fourth-order valence-electron chi connectivity index (χ4n) is 1.35. The minimum absolute atomic E-state index is 0.348. The fraction of sp³-hybridized carbons (Fsp3) is 0.615. The lowest BCUT2D eigenvalue weighted by molar-refractivity contribution is 0.328. The monoisotopic (exact) mass is 222 g/mol. The minimum Gasteiger partial charge on any atom is -0.476 e. The van der Waals surface area contributed by atoms with Gasteiger partial charge in [0.05, 0.1) is 12.3 Å². The van der Waals surface area contributed by atoms with Gasteiger partial charge in [-0.2, -0.15) is 0 Å². The number of nitrogens with zero attached hydrogens (tertiary/aromatic N) is 1. The molecule has 0 unspecified atom stereocenters. The molecule has 0 aromatic carbocycles. The predicted molar refractivity (Wildman–Crippen MR) is 68.0 cm³/mol. The third kappa shape index (κ3) is 4.51. The minimum atomic E-state index is 0.348. The molecule has 0 atom stereocenters. The molecule has 0 aliphatic heterocycles. The molecule has 0 aliphatic carbocycles. The van der Waals surface area contributed by atoms with Crippen molar-refractivity contribution in [1.82, 2.24) is 4.98 Å². The van der Waals surface area contributed by atoms with Crippen LogP contribution in [0.5, 0.6) is 5.88 Å². The zero-order valence-electron chi connectivity index (χ0n) is 10.7. The summed E-state index contributed by atoms with van der Waals surface area (Å²) < 4.78 is 5.45. The summed E-state index contributed by atoms with van der Waals surface area (Å²) in [6, 6.07) is 3.92. The Labute approximate surface area is 98.2 Å². The Morgan fingerprint density at radius 2 is 2.12 bits per heavy atom. The van der Waals surface area contributed by atoms with E-state index < -0.39 is 0 Å². The maximum atomic E-state index is 5.45. The predicted octanol–water partition coefficient (Wildman–Crippen LogP) is 3.33. The van der Waals surface area contributed by atoms with E-state index in [4.69, 9.17) is 4.74 Å². The van der Waals surface area contributed by atoms with Crippen LogP contribution in [0.1, 0.15) is 34.1 Å². The molecule has 0 saturated heterocycles. The van der Waals surface area contributed by atoms with Crippen molar-refractivity contribution in [3.63, 3.8) is 0 Å². The average molecular weight is 222 g/mol. The number of aromatic nitrogens is 1. The molecule has 3 nitrogen and oxygen atoms in total.